The molecule has 0 unspecified atom stereocenters. The molecular weight excluding hydrogens is 224 g/mol. The van der Waals surface area contributed by atoms with Crippen molar-refractivity contribution in [1.82, 2.24) is 0 Å². The Balaban J connectivity index is 1.79. The second-order valence-electron chi connectivity index (χ2n) is 4.35. The lowest BCUT2D eigenvalue weighted by Crippen LogP contribution is -2.37. The van der Waals surface area contributed by atoms with Crippen LogP contribution in [0.2, 0.25) is 0 Å². The first-order valence-corrected chi connectivity index (χ1v) is 5.55. The predicted molar refractivity (Wildman–Crippen MR) is 64.2 cm³/mol. The van der Waals surface area contributed by atoms with Gasteiger partial charge in [-0.2, -0.15) is 0 Å². The molecule has 0 bridgehead atoms. The lowest BCUT2D eigenvalue weighted by Gasteiger charge is -2.33. The lowest BCUT2D eigenvalue weighted by atomic mass is 9.81. The smallest absolute Gasteiger partial charge is 0.248 e. The Morgan fingerprint density at radius 3 is 2.59 bits per heavy atom. The molecule has 0 aromatic heterocycles. The van der Waals surface area contributed by atoms with Crippen molar-refractivity contribution in [3.05, 3.63) is 30.3 Å². The van der Waals surface area contributed by atoms with E-state index in [1.165, 1.54) is 0 Å². The highest BCUT2D eigenvalue weighted by atomic mass is 19.3. The highest BCUT2D eigenvalue weighted by Gasteiger charge is 2.44. The largest absolute Gasteiger partial charge is 0.370 e. The molecule has 0 saturated heterocycles. The van der Waals surface area contributed by atoms with Crippen molar-refractivity contribution in [2.75, 3.05) is 11.9 Å². The molecule has 0 heterocycles. The van der Waals surface area contributed by atoms with E-state index in [2.05, 4.69) is 10.3 Å². The van der Waals surface area contributed by atoms with Crippen LogP contribution >= 0.6 is 0 Å². The third-order valence-corrected chi connectivity index (χ3v) is 2.74. The molecule has 1 saturated carbocycles. The van der Waals surface area contributed by atoms with Crippen molar-refractivity contribution < 1.29 is 8.78 Å². The number of para-hydroxylation sites is 1. The van der Waals surface area contributed by atoms with E-state index in [1.807, 2.05) is 30.3 Å². The zero-order valence-electron chi connectivity index (χ0n) is 9.37. The maximum Gasteiger partial charge on any atom is 0.248 e. The molecule has 1 aliphatic carbocycles. The monoisotopic (exact) mass is 239 g/mol. The van der Waals surface area contributed by atoms with E-state index in [4.69, 9.17) is 5.73 Å². The summed E-state index contributed by atoms with van der Waals surface area (Å²) in [6.45, 7) is 0.362. The van der Waals surface area contributed by atoms with Crippen LogP contribution in [0.3, 0.4) is 0 Å². The summed E-state index contributed by atoms with van der Waals surface area (Å²) < 4.78 is 25.1. The first-order chi connectivity index (χ1) is 8.05. The Morgan fingerprint density at radius 2 is 2.00 bits per heavy atom. The Bertz CT molecular complexity index is 395. The van der Waals surface area contributed by atoms with Crippen molar-refractivity contribution in [2.45, 2.75) is 18.8 Å². The summed E-state index contributed by atoms with van der Waals surface area (Å²) in [4.78, 5) is 4.06. The minimum atomic E-state index is -2.48. The zero-order valence-corrected chi connectivity index (χ0v) is 9.37. The summed E-state index contributed by atoms with van der Waals surface area (Å²) in [5.41, 5.74) is 6.49. The minimum Gasteiger partial charge on any atom is -0.370 e. The van der Waals surface area contributed by atoms with Crippen LogP contribution in [-0.2, 0) is 0 Å². The average Bonchev–Trinajstić information content (AvgIpc) is 2.25. The third kappa shape index (κ3) is 3.41. The highest BCUT2D eigenvalue weighted by Crippen LogP contribution is 2.42. The fraction of sp³-hybridized carbons (Fsp3) is 0.417. The van der Waals surface area contributed by atoms with Gasteiger partial charge in [-0.05, 0) is 18.1 Å². The molecule has 1 aliphatic rings. The van der Waals surface area contributed by atoms with Gasteiger partial charge in [0.1, 0.15) is 0 Å². The molecule has 17 heavy (non-hydrogen) atoms. The number of rotatable bonds is 3. The van der Waals surface area contributed by atoms with Gasteiger partial charge in [0.25, 0.3) is 0 Å². The maximum atomic E-state index is 12.6. The number of guanidine groups is 1. The number of halogens is 2. The number of hydrogen-bond donors (Lipinski definition) is 2. The normalized spacial score (nSPS) is 19.8. The number of alkyl halides is 2. The van der Waals surface area contributed by atoms with Crippen molar-refractivity contribution in [2.24, 2.45) is 16.6 Å². The van der Waals surface area contributed by atoms with Gasteiger partial charge in [-0.1, -0.05) is 18.2 Å². The van der Waals surface area contributed by atoms with Gasteiger partial charge < -0.3 is 11.1 Å². The second kappa shape index (κ2) is 4.69. The summed E-state index contributed by atoms with van der Waals surface area (Å²) in [5, 5.41) is 2.91. The molecule has 0 aliphatic heterocycles. The molecule has 0 atom stereocenters. The van der Waals surface area contributed by atoms with Crippen LogP contribution in [0.1, 0.15) is 12.8 Å². The SMILES string of the molecule is NC(=NCC1CC(F)(F)C1)Nc1ccccc1. The Morgan fingerprint density at radius 1 is 1.35 bits per heavy atom. The highest BCUT2D eigenvalue weighted by molar-refractivity contribution is 5.92. The maximum absolute atomic E-state index is 12.6. The number of hydrogen-bond acceptors (Lipinski definition) is 1. The van der Waals surface area contributed by atoms with E-state index in [-0.39, 0.29) is 24.7 Å². The second-order valence-corrected chi connectivity index (χ2v) is 4.35. The number of nitrogens with zero attached hydrogens (tertiary/aromatic N) is 1. The van der Waals surface area contributed by atoms with Crippen LogP contribution in [0.4, 0.5) is 14.5 Å². The molecule has 1 aromatic carbocycles. The number of aliphatic imine (C=N–C) groups is 1. The molecular formula is C12H15F2N3. The van der Waals surface area contributed by atoms with Crippen LogP contribution in [0, 0.1) is 5.92 Å². The lowest BCUT2D eigenvalue weighted by molar-refractivity contribution is -0.107. The van der Waals surface area contributed by atoms with Crippen molar-refractivity contribution >= 4 is 11.6 Å². The molecule has 3 N–H and O–H groups in total. The summed E-state index contributed by atoms with van der Waals surface area (Å²) in [6, 6.07) is 9.37. The molecule has 92 valence electrons. The van der Waals surface area contributed by atoms with Gasteiger partial charge in [0.2, 0.25) is 5.92 Å². The topological polar surface area (TPSA) is 50.4 Å². The van der Waals surface area contributed by atoms with Crippen LogP contribution in [0.25, 0.3) is 0 Å². The van der Waals surface area contributed by atoms with E-state index < -0.39 is 5.92 Å². The van der Waals surface area contributed by atoms with E-state index in [1.54, 1.807) is 0 Å². The predicted octanol–water partition coefficient (Wildman–Crippen LogP) is 2.46. The number of nitrogens with two attached hydrogens (primary N) is 1. The van der Waals surface area contributed by atoms with Gasteiger partial charge in [0.05, 0.1) is 0 Å². The molecule has 5 heteroatoms. The van der Waals surface area contributed by atoms with Gasteiger partial charge in [-0.15, -0.1) is 0 Å². The number of nitrogens with one attached hydrogen (secondary N) is 1. The van der Waals surface area contributed by atoms with E-state index in [9.17, 15) is 8.78 Å². The zero-order chi connectivity index (χ0) is 12.3. The van der Waals surface area contributed by atoms with E-state index in [0.717, 1.165) is 5.69 Å². The third-order valence-electron chi connectivity index (χ3n) is 2.74. The van der Waals surface area contributed by atoms with Gasteiger partial charge in [-0.3, -0.25) is 4.99 Å². The van der Waals surface area contributed by atoms with Gasteiger partial charge in [0, 0.05) is 25.1 Å². The Kier molecular flexibility index (Phi) is 3.26. The summed E-state index contributed by atoms with van der Waals surface area (Å²) in [7, 11) is 0. The fourth-order valence-corrected chi connectivity index (χ4v) is 1.85. The van der Waals surface area contributed by atoms with Crippen LogP contribution in [-0.4, -0.2) is 18.4 Å². The van der Waals surface area contributed by atoms with E-state index in [0.29, 0.717) is 6.54 Å². The molecule has 2 rings (SSSR count). The van der Waals surface area contributed by atoms with Crippen molar-refractivity contribution in [3.8, 4) is 0 Å². The summed E-state index contributed by atoms with van der Waals surface area (Å²) in [5.74, 6) is -2.26. The van der Waals surface area contributed by atoms with Gasteiger partial charge in [0.15, 0.2) is 5.96 Å². The molecule has 1 aromatic rings. The molecule has 0 spiro atoms. The van der Waals surface area contributed by atoms with Crippen LogP contribution < -0.4 is 11.1 Å². The van der Waals surface area contributed by atoms with Crippen molar-refractivity contribution in [3.63, 3.8) is 0 Å². The van der Waals surface area contributed by atoms with Gasteiger partial charge in [-0.25, -0.2) is 8.78 Å². The van der Waals surface area contributed by atoms with E-state index >= 15 is 0 Å². The number of benzene rings is 1. The molecule has 0 radical (unpaired) electrons. The minimum absolute atomic E-state index is 0.0406. The van der Waals surface area contributed by atoms with Crippen molar-refractivity contribution in [1.29, 1.82) is 0 Å². The Hall–Kier alpha value is -1.65. The first kappa shape index (κ1) is 11.8. The molecule has 1 fully saturated rings. The van der Waals surface area contributed by atoms with Gasteiger partial charge >= 0.3 is 0 Å². The standard InChI is InChI=1S/C12H15F2N3/c13-12(14)6-9(7-12)8-16-11(15)17-10-4-2-1-3-5-10/h1-5,9H,6-8H2,(H3,15,16,17). The fourth-order valence-electron chi connectivity index (χ4n) is 1.85. The quantitative estimate of drug-likeness (QED) is 0.628. The van der Waals surface area contributed by atoms with Crippen LogP contribution in [0.15, 0.2) is 35.3 Å². The summed E-state index contributed by atoms with van der Waals surface area (Å²) >= 11 is 0. The number of anilines is 1. The molecule has 3 nitrogen and oxygen atoms in total. The average molecular weight is 239 g/mol. The van der Waals surface area contributed by atoms with Crippen LogP contribution in [0.5, 0.6) is 0 Å². The Labute approximate surface area is 98.7 Å². The summed E-state index contributed by atoms with van der Waals surface area (Å²) in [6.07, 6.45) is -0.149. The molecule has 0 amide bonds. The first-order valence-electron chi connectivity index (χ1n) is 5.55.